The first-order valence-electron chi connectivity index (χ1n) is 11.8. The number of piperidine rings is 1. The van der Waals surface area contributed by atoms with Crippen LogP contribution in [0.1, 0.15) is 26.7 Å². The van der Waals surface area contributed by atoms with Gasteiger partial charge in [0.15, 0.2) is 0 Å². The molecule has 2 heterocycles. The molecule has 0 aliphatic carbocycles. The van der Waals surface area contributed by atoms with Crippen molar-refractivity contribution in [2.24, 2.45) is 5.92 Å². The van der Waals surface area contributed by atoms with E-state index in [1.807, 2.05) is 13.8 Å². The molecule has 1 aromatic heterocycles. The van der Waals surface area contributed by atoms with Gasteiger partial charge in [-0.1, -0.05) is 19.9 Å². The van der Waals surface area contributed by atoms with Crippen LogP contribution in [0.4, 0.5) is 29.7 Å². The normalized spacial score (nSPS) is 14.1. The number of carbonyl (C=O) groups excluding carboxylic acids is 2. The molecule has 1 aliphatic heterocycles. The molecule has 0 atom stereocenters. The molecule has 4 rings (SSSR count). The Bertz CT molecular complexity index is 1190. The molecular formula is C26H28F2N4O4. The SMILES string of the molecule is CC(C)COC(=O)N1CCC(N(C(=O)Nc2ccc(F)c(-c3ncco3)c2)c2cccc(F)c2)CC1. The lowest BCUT2D eigenvalue weighted by Gasteiger charge is -2.38. The molecule has 3 amide bonds. The van der Waals surface area contributed by atoms with Crippen molar-refractivity contribution in [2.75, 3.05) is 29.9 Å². The Morgan fingerprint density at radius 3 is 2.64 bits per heavy atom. The number of benzene rings is 2. The number of hydrogen-bond donors (Lipinski definition) is 1. The summed E-state index contributed by atoms with van der Waals surface area (Å²) in [7, 11) is 0. The zero-order valence-electron chi connectivity index (χ0n) is 20.1. The van der Waals surface area contributed by atoms with Crippen LogP contribution in [0.25, 0.3) is 11.5 Å². The fraction of sp³-hybridized carbons (Fsp3) is 0.346. The molecule has 1 aliphatic rings. The number of hydrogen-bond acceptors (Lipinski definition) is 5. The third-order valence-corrected chi connectivity index (χ3v) is 5.81. The van der Waals surface area contributed by atoms with E-state index in [1.54, 1.807) is 11.0 Å². The Balaban J connectivity index is 1.52. The van der Waals surface area contributed by atoms with Gasteiger partial charge in [0.25, 0.3) is 0 Å². The number of amides is 3. The van der Waals surface area contributed by atoms with Crippen molar-refractivity contribution in [3.63, 3.8) is 0 Å². The molecule has 0 saturated carbocycles. The third kappa shape index (κ3) is 5.99. The van der Waals surface area contributed by atoms with Crippen LogP contribution < -0.4 is 10.2 Å². The van der Waals surface area contributed by atoms with Crippen LogP contribution in [0.15, 0.2) is 59.3 Å². The first kappa shape index (κ1) is 25.2. The average Bonchev–Trinajstić information content (AvgIpc) is 3.39. The molecule has 0 spiro atoms. The van der Waals surface area contributed by atoms with Gasteiger partial charge in [0.2, 0.25) is 5.89 Å². The lowest BCUT2D eigenvalue weighted by Crippen LogP contribution is -2.50. The van der Waals surface area contributed by atoms with Crippen LogP contribution in [-0.4, -0.2) is 47.7 Å². The summed E-state index contributed by atoms with van der Waals surface area (Å²) in [6, 6.07) is 9.02. The summed E-state index contributed by atoms with van der Waals surface area (Å²) in [5.74, 6) is -0.710. The minimum atomic E-state index is -0.547. The Labute approximate surface area is 207 Å². The zero-order chi connectivity index (χ0) is 25.7. The number of oxazole rings is 1. The van der Waals surface area contributed by atoms with Crippen molar-refractivity contribution in [1.82, 2.24) is 9.88 Å². The van der Waals surface area contributed by atoms with Gasteiger partial charge in [0.05, 0.1) is 18.4 Å². The fourth-order valence-electron chi connectivity index (χ4n) is 4.06. The van der Waals surface area contributed by atoms with Gasteiger partial charge >= 0.3 is 12.1 Å². The van der Waals surface area contributed by atoms with Crippen molar-refractivity contribution in [1.29, 1.82) is 0 Å². The van der Waals surface area contributed by atoms with E-state index in [0.717, 1.165) is 0 Å². The van der Waals surface area contributed by atoms with Crippen LogP contribution in [0, 0.1) is 17.6 Å². The summed E-state index contributed by atoms with van der Waals surface area (Å²) < 4.78 is 38.9. The second-order valence-corrected chi connectivity index (χ2v) is 9.00. The molecule has 36 heavy (non-hydrogen) atoms. The minimum Gasteiger partial charge on any atom is -0.449 e. The molecule has 0 radical (unpaired) electrons. The van der Waals surface area contributed by atoms with E-state index in [1.165, 1.54) is 53.8 Å². The molecule has 1 N–H and O–H groups in total. The van der Waals surface area contributed by atoms with Gasteiger partial charge in [0.1, 0.15) is 17.9 Å². The topological polar surface area (TPSA) is 87.9 Å². The summed E-state index contributed by atoms with van der Waals surface area (Å²) in [6.07, 6.45) is 3.31. The lowest BCUT2D eigenvalue weighted by molar-refractivity contribution is 0.0836. The van der Waals surface area contributed by atoms with Gasteiger partial charge < -0.3 is 19.4 Å². The van der Waals surface area contributed by atoms with Gasteiger partial charge in [-0.3, -0.25) is 4.90 Å². The van der Waals surface area contributed by atoms with Crippen LogP contribution in [0.5, 0.6) is 0 Å². The number of nitrogens with one attached hydrogen (secondary N) is 1. The molecule has 190 valence electrons. The van der Waals surface area contributed by atoms with Crippen molar-refractivity contribution in [3.8, 4) is 11.5 Å². The molecule has 1 saturated heterocycles. The maximum Gasteiger partial charge on any atom is 0.409 e. The predicted molar refractivity (Wildman–Crippen MR) is 131 cm³/mol. The molecule has 0 unspecified atom stereocenters. The Morgan fingerprint density at radius 2 is 1.97 bits per heavy atom. The van der Waals surface area contributed by atoms with E-state index in [2.05, 4.69) is 10.3 Å². The largest absolute Gasteiger partial charge is 0.449 e. The number of anilines is 2. The summed E-state index contributed by atoms with van der Waals surface area (Å²) in [4.78, 5) is 32.9. The summed E-state index contributed by atoms with van der Waals surface area (Å²) in [5, 5.41) is 2.78. The quantitative estimate of drug-likeness (QED) is 0.456. The van der Waals surface area contributed by atoms with Crippen molar-refractivity contribution in [2.45, 2.75) is 32.7 Å². The number of halogens is 2. The van der Waals surface area contributed by atoms with Crippen LogP contribution in [0.2, 0.25) is 0 Å². The molecule has 8 nitrogen and oxygen atoms in total. The lowest BCUT2D eigenvalue weighted by atomic mass is 10.0. The van der Waals surface area contributed by atoms with E-state index in [9.17, 15) is 18.4 Å². The van der Waals surface area contributed by atoms with Crippen molar-refractivity contribution in [3.05, 3.63) is 66.6 Å². The first-order valence-corrected chi connectivity index (χ1v) is 11.8. The maximum atomic E-state index is 14.3. The number of likely N-dealkylation sites (tertiary alicyclic amines) is 1. The van der Waals surface area contributed by atoms with E-state index >= 15 is 0 Å². The number of carbonyl (C=O) groups is 2. The minimum absolute atomic E-state index is 0.0855. The van der Waals surface area contributed by atoms with Gasteiger partial charge in [-0.05, 0) is 55.2 Å². The molecule has 2 aromatic carbocycles. The van der Waals surface area contributed by atoms with Crippen LogP contribution in [0.3, 0.4) is 0 Å². The van der Waals surface area contributed by atoms with E-state index < -0.39 is 17.7 Å². The Hall–Kier alpha value is -3.95. The smallest absolute Gasteiger partial charge is 0.409 e. The summed E-state index contributed by atoms with van der Waals surface area (Å²) in [5.41, 5.74) is 0.803. The van der Waals surface area contributed by atoms with E-state index in [0.29, 0.717) is 43.9 Å². The average molecular weight is 499 g/mol. The third-order valence-electron chi connectivity index (χ3n) is 5.81. The summed E-state index contributed by atoms with van der Waals surface area (Å²) in [6.45, 7) is 5.05. The number of rotatable bonds is 6. The number of nitrogens with zero attached hydrogens (tertiary/aromatic N) is 3. The van der Waals surface area contributed by atoms with Gasteiger partial charge in [-0.25, -0.2) is 23.4 Å². The van der Waals surface area contributed by atoms with E-state index in [-0.39, 0.29) is 29.5 Å². The fourth-order valence-corrected chi connectivity index (χ4v) is 4.06. The monoisotopic (exact) mass is 498 g/mol. The molecule has 3 aromatic rings. The summed E-state index contributed by atoms with van der Waals surface area (Å²) >= 11 is 0. The van der Waals surface area contributed by atoms with Crippen LogP contribution >= 0.6 is 0 Å². The van der Waals surface area contributed by atoms with Crippen molar-refractivity contribution < 1.29 is 27.5 Å². The second kappa shape index (κ2) is 11.2. The molecular weight excluding hydrogens is 470 g/mol. The maximum absolute atomic E-state index is 14.3. The number of urea groups is 1. The van der Waals surface area contributed by atoms with Gasteiger partial charge in [-0.2, -0.15) is 0 Å². The highest BCUT2D eigenvalue weighted by molar-refractivity contribution is 6.02. The Kier molecular flexibility index (Phi) is 7.82. The number of ether oxygens (including phenoxy) is 1. The van der Waals surface area contributed by atoms with Gasteiger partial charge in [0, 0.05) is 30.5 Å². The predicted octanol–water partition coefficient (Wildman–Crippen LogP) is 5.92. The van der Waals surface area contributed by atoms with Gasteiger partial charge in [-0.15, -0.1) is 0 Å². The zero-order valence-corrected chi connectivity index (χ0v) is 20.1. The second-order valence-electron chi connectivity index (χ2n) is 9.00. The molecule has 10 heteroatoms. The highest BCUT2D eigenvalue weighted by Crippen LogP contribution is 2.28. The molecule has 1 fully saturated rings. The van der Waals surface area contributed by atoms with Crippen molar-refractivity contribution >= 4 is 23.5 Å². The Morgan fingerprint density at radius 1 is 1.19 bits per heavy atom. The van der Waals surface area contributed by atoms with E-state index in [4.69, 9.17) is 9.15 Å². The first-order chi connectivity index (χ1) is 17.3. The highest BCUT2D eigenvalue weighted by atomic mass is 19.1. The molecule has 0 bridgehead atoms. The number of aromatic nitrogens is 1. The standard InChI is InChI=1S/C26H28F2N4O4/c1-17(2)16-36-26(34)31-11-8-20(9-12-31)32(21-5-3-4-18(27)14-21)25(33)30-19-6-7-23(28)22(15-19)24-29-10-13-35-24/h3-7,10,13-15,17,20H,8-9,11-12,16H2,1-2H3,(H,30,33). The van der Waals surface area contributed by atoms with Crippen LogP contribution in [-0.2, 0) is 4.74 Å². The highest BCUT2D eigenvalue weighted by Gasteiger charge is 2.32.